The predicted molar refractivity (Wildman–Crippen MR) is 140 cm³/mol. The summed E-state index contributed by atoms with van der Waals surface area (Å²) in [7, 11) is 0. The summed E-state index contributed by atoms with van der Waals surface area (Å²) in [6.45, 7) is 6.79. The van der Waals surface area contributed by atoms with E-state index in [1.165, 1.54) is 16.5 Å². The van der Waals surface area contributed by atoms with Crippen molar-refractivity contribution in [1.29, 1.82) is 0 Å². The van der Waals surface area contributed by atoms with Crippen molar-refractivity contribution in [2.45, 2.75) is 63.7 Å². The quantitative estimate of drug-likeness (QED) is 0.539. The zero-order valence-corrected chi connectivity index (χ0v) is 21.5. The fraction of sp³-hybridized carbons (Fsp3) is 0.448. The second-order valence-corrected chi connectivity index (χ2v) is 11.1. The van der Waals surface area contributed by atoms with Gasteiger partial charge in [-0.1, -0.05) is 18.2 Å². The average Bonchev–Trinajstić information content (AvgIpc) is 3.59. The second-order valence-electron chi connectivity index (χ2n) is 11.1. The highest BCUT2D eigenvalue weighted by Gasteiger charge is 2.47. The Morgan fingerprint density at radius 3 is 2.76 bits per heavy atom. The van der Waals surface area contributed by atoms with Gasteiger partial charge in [0, 0.05) is 53.2 Å². The lowest BCUT2D eigenvalue weighted by atomic mass is 9.74. The molecule has 38 heavy (non-hydrogen) atoms. The van der Waals surface area contributed by atoms with Crippen molar-refractivity contribution in [3.8, 4) is 5.75 Å². The molecule has 1 aromatic heterocycles. The van der Waals surface area contributed by atoms with Gasteiger partial charge in [-0.05, 0) is 57.0 Å². The lowest BCUT2D eigenvalue weighted by Gasteiger charge is -2.38. The number of hydrogen-bond acceptors (Lipinski definition) is 6. The van der Waals surface area contributed by atoms with Crippen LogP contribution in [0.5, 0.6) is 5.75 Å². The van der Waals surface area contributed by atoms with Crippen LogP contribution in [0.2, 0.25) is 0 Å². The molecule has 196 valence electrons. The highest BCUT2D eigenvalue weighted by atomic mass is 16.5. The van der Waals surface area contributed by atoms with Crippen molar-refractivity contribution >= 4 is 28.6 Å². The molecule has 9 nitrogen and oxygen atoms in total. The number of carbonyl (C=O) groups is 3. The van der Waals surface area contributed by atoms with E-state index in [1.54, 1.807) is 4.90 Å². The molecule has 0 bridgehead atoms. The van der Waals surface area contributed by atoms with Crippen LogP contribution in [0.1, 0.15) is 59.7 Å². The number of amides is 3. The van der Waals surface area contributed by atoms with Crippen LogP contribution in [0, 0.1) is 0 Å². The first-order valence-corrected chi connectivity index (χ1v) is 13.6. The topological polar surface area (TPSA) is 96.8 Å². The van der Waals surface area contributed by atoms with Crippen molar-refractivity contribution in [1.82, 2.24) is 24.9 Å². The maximum absolute atomic E-state index is 13.2. The van der Waals surface area contributed by atoms with Crippen LogP contribution in [-0.2, 0) is 34.6 Å². The van der Waals surface area contributed by atoms with Gasteiger partial charge in [-0.15, -0.1) is 0 Å². The van der Waals surface area contributed by atoms with Gasteiger partial charge in [0.1, 0.15) is 11.8 Å². The number of hydrogen-bond donors (Lipinski definition) is 1. The van der Waals surface area contributed by atoms with Gasteiger partial charge in [-0.3, -0.25) is 29.3 Å². The first-order valence-electron chi connectivity index (χ1n) is 13.6. The number of fused-ring (bicyclic) bond motifs is 5. The number of imide groups is 1. The van der Waals surface area contributed by atoms with Crippen LogP contribution in [0.15, 0.2) is 36.5 Å². The maximum Gasteiger partial charge on any atom is 0.255 e. The standard InChI is InChI=1S/C29H31N5O4/c1-2-33-15-19-4-3-18(13-23(19)31-33)14-32-11-9-29(10-12-32)17-38-26-21-16-34(24-7-8-25(35)30-27(24)36)28(37)20(21)5-6-22(26)29/h3-6,13,15,24H,2,7-12,14,16-17H2,1H3,(H,30,35,36)/t24-/m0/s1. The summed E-state index contributed by atoms with van der Waals surface area (Å²) in [6.07, 6.45) is 4.70. The van der Waals surface area contributed by atoms with Gasteiger partial charge in [-0.25, -0.2) is 0 Å². The minimum absolute atomic E-state index is 0.0458. The molecule has 5 heterocycles. The molecule has 2 aromatic carbocycles. The molecule has 9 heteroatoms. The SMILES string of the molecule is CCn1cc2ccc(CN3CCC4(CC3)COc3c4ccc4c3CN([C@H]3CCC(=O)NC3=O)C4=O)cc2n1. The fourth-order valence-corrected chi connectivity index (χ4v) is 6.67. The Hall–Kier alpha value is -3.72. The van der Waals surface area contributed by atoms with Gasteiger partial charge in [0.25, 0.3) is 5.91 Å². The Morgan fingerprint density at radius 2 is 1.97 bits per heavy atom. The van der Waals surface area contributed by atoms with E-state index in [9.17, 15) is 14.4 Å². The van der Waals surface area contributed by atoms with Gasteiger partial charge < -0.3 is 9.64 Å². The number of benzene rings is 2. The number of rotatable bonds is 4. The molecule has 0 saturated carbocycles. The molecule has 0 aliphatic carbocycles. The molecule has 7 rings (SSSR count). The zero-order valence-electron chi connectivity index (χ0n) is 21.5. The third-order valence-electron chi connectivity index (χ3n) is 8.89. The maximum atomic E-state index is 13.2. The van der Waals surface area contributed by atoms with Crippen LogP contribution in [0.4, 0.5) is 0 Å². The zero-order chi connectivity index (χ0) is 26.0. The Labute approximate surface area is 220 Å². The van der Waals surface area contributed by atoms with Gasteiger partial charge in [0.2, 0.25) is 11.8 Å². The lowest BCUT2D eigenvalue weighted by molar-refractivity contribution is -0.136. The number of likely N-dealkylation sites (tertiary alicyclic amines) is 1. The third-order valence-corrected chi connectivity index (χ3v) is 8.89. The summed E-state index contributed by atoms with van der Waals surface area (Å²) in [5.41, 5.74) is 4.98. The Balaban J connectivity index is 1.06. The van der Waals surface area contributed by atoms with E-state index in [2.05, 4.69) is 52.7 Å². The molecule has 0 unspecified atom stereocenters. The molecule has 1 atom stereocenters. The number of nitrogens with one attached hydrogen (secondary N) is 1. The Morgan fingerprint density at radius 1 is 1.13 bits per heavy atom. The van der Waals surface area contributed by atoms with E-state index in [-0.39, 0.29) is 29.6 Å². The number of ether oxygens (including phenoxy) is 1. The first-order chi connectivity index (χ1) is 18.4. The van der Waals surface area contributed by atoms with E-state index < -0.39 is 6.04 Å². The number of nitrogens with zero attached hydrogens (tertiary/aromatic N) is 4. The van der Waals surface area contributed by atoms with Gasteiger partial charge in [0.15, 0.2) is 0 Å². The molecule has 4 aliphatic rings. The molecule has 2 fully saturated rings. The highest BCUT2D eigenvalue weighted by molar-refractivity contribution is 6.05. The summed E-state index contributed by atoms with van der Waals surface area (Å²) < 4.78 is 8.29. The van der Waals surface area contributed by atoms with E-state index in [0.29, 0.717) is 25.1 Å². The van der Waals surface area contributed by atoms with E-state index in [4.69, 9.17) is 4.74 Å². The molecule has 1 spiro atoms. The van der Waals surface area contributed by atoms with E-state index in [0.717, 1.165) is 55.9 Å². The predicted octanol–water partition coefficient (Wildman–Crippen LogP) is 2.74. The Kier molecular flexibility index (Phi) is 5.33. The van der Waals surface area contributed by atoms with Crippen molar-refractivity contribution < 1.29 is 19.1 Å². The molecule has 3 aromatic rings. The average molecular weight is 514 g/mol. The summed E-state index contributed by atoms with van der Waals surface area (Å²) >= 11 is 0. The van der Waals surface area contributed by atoms with Crippen LogP contribution < -0.4 is 10.1 Å². The van der Waals surface area contributed by atoms with Crippen molar-refractivity contribution in [3.05, 3.63) is 58.8 Å². The minimum Gasteiger partial charge on any atom is -0.492 e. The Bertz CT molecular complexity index is 1490. The highest BCUT2D eigenvalue weighted by Crippen LogP contribution is 2.49. The van der Waals surface area contributed by atoms with Crippen molar-refractivity contribution in [3.63, 3.8) is 0 Å². The molecular formula is C29H31N5O4. The van der Waals surface area contributed by atoms with Gasteiger partial charge >= 0.3 is 0 Å². The number of aromatic nitrogens is 2. The normalized spacial score (nSPS) is 22.6. The molecular weight excluding hydrogens is 482 g/mol. The largest absolute Gasteiger partial charge is 0.492 e. The molecule has 3 amide bonds. The summed E-state index contributed by atoms with van der Waals surface area (Å²) in [5, 5.41) is 8.21. The van der Waals surface area contributed by atoms with Gasteiger partial charge in [-0.2, -0.15) is 5.10 Å². The summed E-state index contributed by atoms with van der Waals surface area (Å²) in [6, 6.07) is 9.94. The lowest BCUT2D eigenvalue weighted by Crippen LogP contribution is -2.52. The smallest absolute Gasteiger partial charge is 0.255 e. The van der Waals surface area contributed by atoms with Crippen molar-refractivity contribution in [2.75, 3.05) is 19.7 Å². The van der Waals surface area contributed by atoms with E-state index in [1.807, 2.05) is 10.7 Å². The monoisotopic (exact) mass is 513 g/mol. The molecule has 4 aliphatic heterocycles. The van der Waals surface area contributed by atoms with Gasteiger partial charge in [0.05, 0.1) is 18.7 Å². The van der Waals surface area contributed by atoms with Crippen LogP contribution >= 0.6 is 0 Å². The molecule has 0 radical (unpaired) electrons. The van der Waals surface area contributed by atoms with Crippen molar-refractivity contribution in [2.24, 2.45) is 0 Å². The third kappa shape index (κ3) is 3.63. The number of aryl methyl sites for hydroxylation is 1. The van der Waals surface area contributed by atoms with Crippen LogP contribution in [0.3, 0.4) is 0 Å². The number of piperidine rings is 2. The molecule has 2 saturated heterocycles. The second kappa shape index (κ2) is 8.66. The van der Waals surface area contributed by atoms with E-state index >= 15 is 0 Å². The van der Waals surface area contributed by atoms with Crippen LogP contribution in [-0.4, -0.2) is 63.0 Å². The molecule has 1 N–H and O–H groups in total. The minimum atomic E-state index is -0.614. The van der Waals surface area contributed by atoms with Crippen LogP contribution in [0.25, 0.3) is 10.9 Å². The number of carbonyl (C=O) groups excluding carboxylic acids is 3. The first kappa shape index (κ1) is 23.4. The summed E-state index contributed by atoms with van der Waals surface area (Å²) in [5.74, 6) is 0.0101. The summed E-state index contributed by atoms with van der Waals surface area (Å²) in [4.78, 5) is 41.3. The fourth-order valence-electron chi connectivity index (χ4n) is 6.67.